The highest BCUT2D eigenvalue weighted by atomic mass is 32.2. The van der Waals surface area contributed by atoms with Crippen molar-refractivity contribution in [1.29, 1.82) is 0 Å². The molecule has 3 N–H and O–H groups in total. The molecule has 0 aromatic carbocycles. The van der Waals surface area contributed by atoms with Gasteiger partial charge in [-0.25, -0.2) is 0 Å². The standard InChI is InChI=1S/C8H10N4S2/c1-14-8(13)12-11-7(9)6-2-4-10-5-3-6/h2-5H,1H3,(H2,9,11)(H,12,13). The van der Waals surface area contributed by atoms with Gasteiger partial charge < -0.3 is 5.73 Å². The summed E-state index contributed by atoms with van der Waals surface area (Å²) in [6.07, 6.45) is 5.18. The number of nitrogens with zero attached hydrogens (tertiary/aromatic N) is 2. The highest BCUT2D eigenvalue weighted by Gasteiger charge is 1.96. The molecule has 0 aliphatic heterocycles. The van der Waals surface area contributed by atoms with Crippen LogP contribution in [-0.4, -0.2) is 21.4 Å². The maximum atomic E-state index is 5.69. The zero-order valence-corrected chi connectivity index (χ0v) is 9.23. The molecule has 0 fully saturated rings. The normalized spacial score (nSPS) is 11.1. The van der Waals surface area contributed by atoms with E-state index in [-0.39, 0.29) is 0 Å². The molecule has 0 amide bonds. The Balaban J connectivity index is 2.66. The van der Waals surface area contributed by atoms with Gasteiger partial charge in [-0.15, -0.1) is 0 Å². The van der Waals surface area contributed by atoms with E-state index in [4.69, 9.17) is 18.0 Å². The van der Waals surface area contributed by atoms with Gasteiger partial charge in [0.1, 0.15) is 0 Å². The molecule has 14 heavy (non-hydrogen) atoms. The van der Waals surface area contributed by atoms with Gasteiger partial charge in [0.15, 0.2) is 10.2 Å². The molecule has 0 spiro atoms. The molecule has 0 atom stereocenters. The fourth-order valence-electron chi connectivity index (χ4n) is 0.739. The van der Waals surface area contributed by atoms with Crippen molar-refractivity contribution < 1.29 is 0 Å². The highest BCUT2D eigenvalue weighted by Crippen LogP contribution is 1.96. The SMILES string of the molecule is CSC(=S)N/N=C(\N)c1ccncc1. The molecule has 1 heterocycles. The molecular weight excluding hydrogens is 216 g/mol. The van der Waals surface area contributed by atoms with Gasteiger partial charge >= 0.3 is 0 Å². The molecule has 1 aromatic rings. The van der Waals surface area contributed by atoms with Crippen LogP contribution in [0.25, 0.3) is 0 Å². The predicted molar refractivity (Wildman–Crippen MR) is 64.2 cm³/mol. The van der Waals surface area contributed by atoms with Crippen LogP contribution in [0.15, 0.2) is 29.6 Å². The zero-order chi connectivity index (χ0) is 10.4. The third-order valence-corrected chi connectivity index (χ3v) is 2.48. The van der Waals surface area contributed by atoms with Crippen molar-refractivity contribution in [1.82, 2.24) is 10.4 Å². The van der Waals surface area contributed by atoms with Crippen LogP contribution in [0.4, 0.5) is 0 Å². The van der Waals surface area contributed by atoms with E-state index in [1.54, 1.807) is 24.5 Å². The maximum Gasteiger partial charge on any atom is 0.153 e. The summed E-state index contributed by atoms with van der Waals surface area (Å²) < 4.78 is 0.585. The Hall–Kier alpha value is -1.14. The number of thiocarbonyl (C=S) groups is 1. The summed E-state index contributed by atoms with van der Waals surface area (Å²) in [4.78, 5) is 3.88. The van der Waals surface area contributed by atoms with Crippen molar-refractivity contribution in [3.05, 3.63) is 30.1 Å². The summed E-state index contributed by atoms with van der Waals surface area (Å²) in [5.74, 6) is 0.392. The molecule has 1 aromatic heterocycles. The lowest BCUT2D eigenvalue weighted by molar-refractivity contribution is 1.05. The summed E-state index contributed by atoms with van der Waals surface area (Å²) in [5, 5.41) is 3.92. The molecule has 1 rings (SSSR count). The summed E-state index contributed by atoms with van der Waals surface area (Å²) in [6, 6.07) is 3.56. The van der Waals surface area contributed by atoms with Gasteiger partial charge in [0.25, 0.3) is 0 Å². The number of aromatic nitrogens is 1. The second-order valence-electron chi connectivity index (χ2n) is 2.34. The average Bonchev–Trinajstić information content (AvgIpc) is 2.26. The number of amidine groups is 1. The van der Waals surface area contributed by atoms with Crippen molar-refractivity contribution in [2.45, 2.75) is 0 Å². The van der Waals surface area contributed by atoms with Crippen LogP contribution in [0.2, 0.25) is 0 Å². The van der Waals surface area contributed by atoms with Crippen LogP contribution in [0.3, 0.4) is 0 Å². The van der Waals surface area contributed by atoms with Crippen LogP contribution < -0.4 is 11.2 Å². The Morgan fingerprint density at radius 3 is 2.79 bits per heavy atom. The number of nitrogens with two attached hydrogens (primary N) is 1. The van der Waals surface area contributed by atoms with Gasteiger partial charge in [0.2, 0.25) is 0 Å². The minimum atomic E-state index is 0.392. The van der Waals surface area contributed by atoms with Crippen molar-refractivity contribution in [3.8, 4) is 0 Å². The Bertz CT molecular complexity index is 336. The summed E-state index contributed by atoms with van der Waals surface area (Å²) in [5.41, 5.74) is 9.17. The molecular formula is C8H10N4S2. The molecule has 74 valence electrons. The molecule has 0 aliphatic rings. The molecule has 0 saturated heterocycles. The van der Waals surface area contributed by atoms with E-state index < -0.39 is 0 Å². The van der Waals surface area contributed by atoms with E-state index in [1.807, 2.05) is 6.26 Å². The van der Waals surface area contributed by atoms with Gasteiger partial charge in [0.05, 0.1) is 0 Å². The van der Waals surface area contributed by atoms with Gasteiger partial charge in [-0.1, -0.05) is 24.0 Å². The van der Waals surface area contributed by atoms with Crippen LogP contribution in [0.5, 0.6) is 0 Å². The Morgan fingerprint density at radius 2 is 2.21 bits per heavy atom. The van der Waals surface area contributed by atoms with Crippen molar-refractivity contribution >= 4 is 34.1 Å². The van der Waals surface area contributed by atoms with Gasteiger partial charge in [-0.2, -0.15) is 5.10 Å². The molecule has 4 nitrogen and oxygen atoms in total. The topological polar surface area (TPSA) is 63.3 Å². The molecule has 0 bridgehead atoms. The van der Waals surface area contributed by atoms with Crippen LogP contribution in [-0.2, 0) is 0 Å². The van der Waals surface area contributed by atoms with Crippen LogP contribution in [0.1, 0.15) is 5.56 Å². The Labute approximate surface area is 92.0 Å². The number of rotatable bonds is 2. The summed E-state index contributed by atoms with van der Waals surface area (Å²) in [7, 11) is 0. The van der Waals surface area contributed by atoms with Gasteiger partial charge in [-0.3, -0.25) is 10.4 Å². The van der Waals surface area contributed by atoms with Crippen LogP contribution in [0, 0.1) is 0 Å². The average molecular weight is 226 g/mol. The number of pyridine rings is 1. The fraction of sp³-hybridized carbons (Fsp3) is 0.125. The largest absolute Gasteiger partial charge is 0.382 e. The zero-order valence-electron chi connectivity index (χ0n) is 7.60. The molecule has 0 radical (unpaired) electrons. The summed E-state index contributed by atoms with van der Waals surface area (Å²) >= 11 is 6.31. The second kappa shape index (κ2) is 5.56. The van der Waals surface area contributed by atoms with E-state index in [2.05, 4.69) is 15.5 Å². The monoisotopic (exact) mass is 226 g/mol. The lowest BCUT2D eigenvalue weighted by Crippen LogP contribution is -2.20. The minimum absolute atomic E-state index is 0.392. The quantitative estimate of drug-likeness (QED) is 0.340. The van der Waals surface area contributed by atoms with E-state index in [9.17, 15) is 0 Å². The third-order valence-electron chi connectivity index (χ3n) is 1.43. The number of hydrogen-bond acceptors (Lipinski definition) is 4. The fourth-order valence-corrected chi connectivity index (χ4v) is 0.921. The first-order valence-electron chi connectivity index (χ1n) is 3.81. The lowest BCUT2D eigenvalue weighted by atomic mass is 10.2. The number of hydrogen-bond donors (Lipinski definition) is 2. The third kappa shape index (κ3) is 3.31. The summed E-state index contributed by atoms with van der Waals surface area (Å²) in [6.45, 7) is 0. The van der Waals surface area contributed by atoms with E-state index in [0.717, 1.165) is 5.56 Å². The number of hydrazone groups is 1. The molecule has 0 aliphatic carbocycles. The minimum Gasteiger partial charge on any atom is -0.382 e. The Kier molecular flexibility index (Phi) is 4.34. The van der Waals surface area contributed by atoms with Gasteiger partial charge in [-0.05, 0) is 18.4 Å². The first-order valence-corrected chi connectivity index (χ1v) is 5.45. The van der Waals surface area contributed by atoms with Crippen molar-refractivity contribution in [3.63, 3.8) is 0 Å². The lowest BCUT2D eigenvalue weighted by Gasteiger charge is -2.01. The van der Waals surface area contributed by atoms with E-state index in [0.29, 0.717) is 10.2 Å². The Morgan fingerprint density at radius 1 is 1.57 bits per heavy atom. The molecule has 0 unspecified atom stereocenters. The molecule has 0 saturated carbocycles. The molecule has 6 heteroatoms. The van der Waals surface area contributed by atoms with Crippen molar-refractivity contribution in [2.24, 2.45) is 10.8 Å². The smallest absolute Gasteiger partial charge is 0.153 e. The number of nitrogens with one attached hydrogen (secondary N) is 1. The van der Waals surface area contributed by atoms with Crippen molar-refractivity contribution in [2.75, 3.05) is 6.26 Å². The first-order chi connectivity index (χ1) is 6.74. The first kappa shape index (κ1) is 10.9. The van der Waals surface area contributed by atoms with Crippen LogP contribution >= 0.6 is 24.0 Å². The number of thioether (sulfide) groups is 1. The maximum absolute atomic E-state index is 5.69. The predicted octanol–water partition coefficient (Wildman–Crippen LogP) is 0.939. The highest BCUT2D eigenvalue weighted by molar-refractivity contribution is 8.22. The van der Waals surface area contributed by atoms with E-state index in [1.165, 1.54) is 11.8 Å². The second-order valence-corrected chi connectivity index (χ2v) is 3.82. The van der Waals surface area contributed by atoms with E-state index >= 15 is 0 Å². The van der Waals surface area contributed by atoms with Gasteiger partial charge in [0, 0.05) is 18.0 Å².